The molecule has 0 atom stereocenters. The number of rotatable bonds is 10. The summed E-state index contributed by atoms with van der Waals surface area (Å²) in [6, 6.07) is 2.67. The van der Waals surface area contributed by atoms with E-state index < -0.39 is 44.5 Å². The number of pyridine rings is 1. The summed E-state index contributed by atoms with van der Waals surface area (Å²) in [4.78, 5) is 23.8. The summed E-state index contributed by atoms with van der Waals surface area (Å²) in [6.07, 6.45) is 3.44. The largest absolute Gasteiger partial charge is 0.495 e. The Morgan fingerprint density at radius 3 is 2.65 bits per heavy atom. The molecule has 0 amide bonds. The van der Waals surface area contributed by atoms with Gasteiger partial charge in [0, 0.05) is 17.6 Å². The maximum absolute atomic E-state index is 15.2. The molecule has 3 rings (SSSR count). The standard InChI is InChI=1S/C23H23F3N6O4S/c1-4-7-37(34,35)32-17-6-5-15(24)19(20(17)26)21(33)14-10-28-12(2)18(14)23(30-11-27)31-22-16(25)8-13(36-3)9-29-22/h5-6,8-11,28,32H,2,4,7H2,1,3H3,(H2,27,30)(H,29,31)/b23-18-. The van der Waals surface area contributed by atoms with Gasteiger partial charge in [-0.1, -0.05) is 13.5 Å². The second-order valence-corrected chi connectivity index (χ2v) is 9.39. The number of anilines is 2. The van der Waals surface area contributed by atoms with Crippen LogP contribution in [0, 0.1) is 17.5 Å². The van der Waals surface area contributed by atoms with Gasteiger partial charge in [0.25, 0.3) is 0 Å². The van der Waals surface area contributed by atoms with Crippen LogP contribution in [0.3, 0.4) is 0 Å². The molecule has 5 N–H and O–H groups in total. The van der Waals surface area contributed by atoms with E-state index in [-0.39, 0.29) is 45.7 Å². The van der Waals surface area contributed by atoms with Crippen LogP contribution in [0.15, 0.2) is 35.6 Å². The number of hydrogen-bond donors (Lipinski definition) is 4. The van der Waals surface area contributed by atoms with Gasteiger partial charge in [-0.2, -0.15) is 0 Å². The summed E-state index contributed by atoms with van der Waals surface area (Å²) in [5.41, 5.74) is 3.49. The Hall–Kier alpha value is -4.33. The lowest BCUT2D eigenvalue weighted by Crippen LogP contribution is -2.31. The first-order valence-corrected chi connectivity index (χ1v) is 12.3. The summed E-state index contributed by atoms with van der Waals surface area (Å²) in [6.45, 7) is 5.36. The van der Waals surface area contributed by atoms with Gasteiger partial charge in [0.1, 0.15) is 17.4 Å². The van der Waals surface area contributed by atoms with Gasteiger partial charge < -0.3 is 20.8 Å². The predicted octanol–water partition coefficient (Wildman–Crippen LogP) is 1.79. The van der Waals surface area contributed by atoms with Crippen LogP contribution in [0.1, 0.15) is 29.3 Å². The van der Waals surface area contributed by atoms with Crippen molar-refractivity contribution < 1.29 is 31.1 Å². The van der Waals surface area contributed by atoms with E-state index in [1.807, 2.05) is 4.72 Å². The molecular formula is C23H23F3N6O4S. The Labute approximate surface area is 209 Å². The number of halogens is 3. The summed E-state index contributed by atoms with van der Waals surface area (Å²) in [7, 11) is -2.61. The van der Waals surface area contributed by atoms with Gasteiger partial charge in [-0.3, -0.25) is 9.52 Å². The van der Waals surface area contributed by atoms with E-state index in [0.29, 0.717) is 0 Å². The molecule has 0 saturated heterocycles. The Kier molecular flexibility index (Phi) is 8.22. The van der Waals surface area contributed by atoms with E-state index in [1.165, 1.54) is 13.3 Å². The molecular weight excluding hydrogens is 513 g/mol. The number of carbonyl (C=O) groups is 1. The lowest BCUT2D eigenvalue weighted by molar-refractivity contribution is 0.103. The molecule has 0 bridgehead atoms. The highest BCUT2D eigenvalue weighted by Gasteiger charge is 2.26. The summed E-state index contributed by atoms with van der Waals surface area (Å²) >= 11 is 0. The van der Waals surface area contributed by atoms with Crippen LogP contribution in [-0.4, -0.2) is 43.4 Å². The van der Waals surface area contributed by atoms with Crippen molar-refractivity contribution in [2.24, 2.45) is 10.7 Å². The first-order valence-electron chi connectivity index (χ1n) is 10.7. The van der Waals surface area contributed by atoms with Gasteiger partial charge in [0.15, 0.2) is 17.5 Å². The van der Waals surface area contributed by atoms with Crippen LogP contribution in [0.5, 0.6) is 5.75 Å². The number of nitrogens with one attached hydrogen (secondary N) is 3. The van der Waals surface area contributed by atoms with Gasteiger partial charge in [-0.15, -0.1) is 0 Å². The molecule has 37 heavy (non-hydrogen) atoms. The zero-order valence-corrected chi connectivity index (χ0v) is 20.5. The van der Waals surface area contributed by atoms with Crippen molar-refractivity contribution >= 4 is 46.1 Å². The van der Waals surface area contributed by atoms with Crippen molar-refractivity contribution in [3.8, 4) is 5.75 Å². The highest BCUT2D eigenvalue weighted by Crippen LogP contribution is 2.25. The molecule has 196 valence electrons. The van der Waals surface area contributed by atoms with Gasteiger partial charge >= 0.3 is 0 Å². The molecule has 0 aliphatic heterocycles. The Morgan fingerprint density at radius 2 is 2.03 bits per heavy atom. The molecule has 0 fully saturated rings. The third-order valence-electron chi connectivity index (χ3n) is 4.99. The first-order chi connectivity index (χ1) is 17.5. The third-order valence-corrected chi connectivity index (χ3v) is 6.47. The van der Waals surface area contributed by atoms with Crippen LogP contribution >= 0.6 is 0 Å². The topological polar surface area (TPSA) is 152 Å². The SMILES string of the molecule is C=c1[nH]cc(C(=O)c2c(F)ccc(NS(=O)(=O)CCC)c2F)/c1=C(/N=CN)Nc1ncc(OC)cc1F. The van der Waals surface area contributed by atoms with E-state index in [2.05, 4.69) is 26.9 Å². The minimum absolute atomic E-state index is 0.0750. The minimum atomic E-state index is -3.93. The molecule has 3 aromatic rings. The smallest absolute Gasteiger partial charge is 0.232 e. The Morgan fingerprint density at radius 1 is 1.30 bits per heavy atom. The lowest BCUT2D eigenvalue weighted by atomic mass is 10.0. The quantitative estimate of drug-likeness (QED) is 0.175. The minimum Gasteiger partial charge on any atom is -0.495 e. The molecule has 0 spiro atoms. The number of aromatic amines is 1. The van der Waals surface area contributed by atoms with Crippen LogP contribution in [-0.2, 0) is 10.0 Å². The van der Waals surface area contributed by atoms with Gasteiger partial charge in [0.2, 0.25) is 15.8 Å². The third kappa shape index (κ3) is 5.91. The van der Waals surface area contributed by atoms with E-state index >= 15 is 4.39 Å². The summed E-state index contributed by atoms with van der Waals surface area (Å²) in [5.74, 6) is -5.34. The van der Waals surface area contributed by atoms with Gasteiger partial charge in [0.05, 0.1) is 47.4 Å². The molecule has 0 radical (unpaired) electrons. The van der Waals surface area contributed by atoms with Crippen molar-refractivity contribution in [1.29, 1.82) is 0 Å². The average molecular weight is 537 g/mol. The molecule has 0 unspecified atom stereocenters. The zero-order chi connectivity index (χ0) is 27.3. The predicted molar refractivity (Wildman–Crippen MR) is 134 cm³/mol. The number of aliphatic imine (C=N–C) groups is 1. The number of nitrogens with zero attached hydrogens (tertiary/aromatic N) is 2. The van der Waals surface area contributed by atoms with Crippen molar-refractivity contribution in [1.82, 2.24) is 9.97 Å². The number of benzene rings is 1. The number of sulfonamides is 1. The van der Waals surface area contributed by atoms with Gasteiger partial charge in [-0.25, -0.2) is 31.6 Å². The maximum atomic E-state index is 15.2. The van der Waals surface area contributed by atoms with Crippen molar-refractivity contribution in [3.63, 3.8) is 0 Å². The summed E-state index contributed by atoms with van der Waals surface area (Å²) < 4.78 is 75.5. The monoisotopic (exact) mass is 536 g/mol. The molecule has 0 saturated carbocycles. The molecule has 0 aliphatic carbocycles. The number of hydrogen-bond acceptors (Lipinski definition) is 7. The van der Waals surface area contributed by atoms with E-state index in [1.54, 1.807) is 6.92 Å². The number of nitrogens with two attached hydrogens (primary N) is 1. The highest BCUT2D eigenvalue weighted by atomic mass is 32.2. The van der Waals surface area contributed by atoms with Crippen molar-refractivity contribution in [2.75, 3.05) is 22.9 Å². The van der Waals surface area contributed by atoms with E-state index in [0.717, 1.165) is 30.7 Å². The second-order valence-electron chi connectivity index (χ2n) is 7.55. The zero-order valence-electron chi connectivity index (χ0n) is 19.7. The number of ketones is 1. The van der Waals surface area contributed by atoms with Crippen LogP contribution in [0.2, 0.25) is 0 Å². The van der Waals surface area contributed by atoms with Gasteiger partial charge in [-0.05, 0) is 18.6 Å². The van der Waals surface area contributed by atoms with Crippen LogP contribution in [0.25, 0.3) is 12.4 Å². The molecule has 2 heterocycles. The van der Waals surface area contributed by atoms with Crippen LogP contribution < -0.4 is 31.1 Å². The van der Waals surface area contributed by atoms with E-state index in [4.69, 9.17) is 10.5 Å². The number of ether oxygens (including phenoxy) is 1. The molecule has 2 aromatic heterocycles. The lowest BCUT2D eigenvalue weighted by Gasteiger charge is -2.12. The molecule has 1 aromatic carbocycles. The number of methoxy groups -OCH3 is 1. The Balaban J connectivity index is 2.17. The fraction of sp³-hybridized carbons (Fsp3) is 0.174. The highest BCUT2D eigenvalue weighted by molar-refractivity contribution is 7.92. The maximum Gasteiger partial charge on any atom is 0.232 e. The second kappa shape index (κ2) is 11.2. The number of aromatic nitrogens is 2. The van der Waals surface area contributed by atoms with E-state index in [9.17, 15) is 22.0 Å². The average Bonchev–Trinajstić information content (AvgIpc) is 3.22. The molecule has 0 aliphatic rings. The molecule has 14 heteroatoms. The first kappa shape index (κ1) is 27.3. The normalized spacial score (nSPS) is 12.5. The molecule has 10 nitrogen and oxygen atoms in total. The Bertz CT molecular complexity index is 1590. The fourth-order valence-electron chi connectivity index (χ4n) is 3.35. The van der Waals surface area contributed by atoms with Crippen LogP contribution in [0.4, 0.5) is 24.7 Å². The van der Waals surface area contributed by atoms with Crippen molar-refractivity contribution in [2.45, 2.75) is 13.3 Å². The number of H-pyrrole nitrogens is 1. The van der Waals surface area contributed by atoms with Crippen molar-refractivity contribution in [3.05, 3.63) is 69.7 Å². The fourth-order valence-corrected chi connectivity index (χ4v) is 4.48. The number of carbonyl (C=O) groups excluding carboxylic acids is 1. The summed E-state index contributed by atoms with van der Waals surface area (Å²) in [5, 5.41) is 2.57.